The molecule has 1 aliphatic rings. The highest BCUT2D eigenvalue weighted by atomic mass is 32.1. The van der Waals surface area contributed by atoms with Gasteiger partial charge in [0.25, 0.3) is 0 Å². The first-order chi connectivity index (χ1) is 8.13. The number of nitrogens with zero attached hydrogens (tertiary/aromatic N) is 2. The number of hydrogen-bond acceptors (Lipinski definition) is 4. The molecule has 100 valence electrons. The van der Waals surface area contributed by atoms with E-state index in [2.05, 4.69) is 23.6 Å². The number of nitrogens with two attached hydrogens (primary N) is 1. The van der Waals surface area contributed by atoms with Crippen LogP contribution in [0.4, 0.5) is 0 Å². The molecule has 0 amide bonds. The molecule has 5 heteroatoms. The maximum Gasteiger partial charge on any atom is 0.0768 e. The van der Waals surface area contributed by atoms with Crippen LogP contribution in [-0.2, 0) is 4.74 Å². The Kier molecular flexibility index (Phi) is 6.96. The van der Waals surface area contributed by atoms with Crippen LogP contribution in [0.25, 0.3) is 0 Å². The Bertz CT molecular complexity index is 232. The van der Waals surface area contributed by atoms with Gasteiger partial charge >= 0.3 is 0 Å². The van der Waals surface area contributed by atoms with Gasteiger partial charge in [0.1, 0.15) is 0 Å². The van der Waals surface area contributed by atoms with E-state index >= 15 is 0 Å². The summed E-state index contributed by atoms with van der Waals surface area (Å²) < 4.78 is 5.34. The van der Waals surface area contributed by atoms with Crippen molar-refractivity contribution in [2.75, 3.05) is 52.5 Å². The number of rotatable bonds is 7. The zero-order valence-corrected chi connectivity index (χ0v) is 11.8. The van der Waals surface area contributed by atoms with Gasteiger partial charge in [-0.15, -0.1) is 0 Å². The van der Waals surface area contributed by atoms with Crippen LogP contribution in [0.3, 0.4) is 0 Å². The summed E-state index contributed by atoms with van der Waals surface area (Å²) in [7, 11) is 0. The van der Waals surface area contributed by atoms with Gasteiger partial charge in [0, 0.05) is 38.6 Å². The van der Waals surface area contributed by atoms with E-state index in [0.717, 1.165) is 52.5 Å². The van der Waals surface area contributed by atoms with Crippen LogP contribution in [0.5, 0.6) is 0 Å². The van der Waals surface area contributed by atoms with Crippen molar-refractivity contribution in [2.45, 2.75) is 13.8 Å². The normalized spacial score (nSPS) is 19.5. The molecule has 1 heterocycles. The first-order valence-electron chi connectivity index (χ1n) is 6.45. The van der Waals surface area contributed by atoms with Crippen molar-refractivity contribution in [3.8, 4) is 0 Å². The average Bonchev–Trinajstić information content (AvgIpc) is 2.35. The summed E-state index contributed by atoms with van der Waals surface area (Å²) in [6, 6.07) is 0. The Hall–Kier alpha value is -0.230. The summed E-state index contributed by atoms with van der Waals surface area (Å²) in [6.07, 6.45) is 0. The largest absolute Gasteiger partial charge is 0.393 e. The van der Waals surface area contributed by atoms with Gasteiger partial charge in [0.05, 0.1) is 18.2 Å². The van der Waals surface area contributed by atoms with Crippen LogP contribution in [0.15, 0.2) is 0 Å². The van der Waals surface area contributed by atoms with E-state index in [4.69, 9.17) is 22.7 Å². The monoisotopic (exact) mass is 259 g/mol. The molecule has 0 aromatic carbocycles. The Morgan fingerprint density at radius 3 is 2.65 bits per heavy atom. The molecule has 1 saturated heterocycles. The third-order valence-electron chi connectivity index (χ3n) is 3.30. The molecule has 0 bridgehead atoms. The van der Waals surface area contributed by atoms with Gasteiger partial charge in [-0.1, -0.05) is 26.1 Å². The lowest BCUT2D eigenvalue weighted by Gasteiger charge is -2.30. The van der Waals surface area contributed by atoms with Crippen LogP contribution in [-0.4, -0.2) is 67.3 Å². The second-order valence-corrected chi connectivity index (χ2v) is 5.12. The Morgan fingerprint density at radius 1 is 1.47 bits per heavy atom. The minimum absolute atomic E-state index is 0.301. The topological polar surface area (TPSA) is 41.7 Å². The summed E-state index contributed by atoms with van der Waals surface area (Å²) in [6.45, 7) is 12.4. The van der Waals surface area contributed by atoms with Crippen molar-refractivity contribution < 1.29 is 4.74 Å². The minimum atomic E-state index is 0.301. The third kappa shape index (κ3) is 5.77. The quantitative estimate of drug-likeness (QED) is 0.677. The zero-order valence-electron chi connectivity index (χ0n) is 11.0. The summed E-state index contributed by atoms with van der Waals surface area (Å²) in [5, 5.41) is 0. The number of likely N-dealkylation sites (N-methyl/N-ethyl adjacent to an activating group) is 1. The molecular formula is C12H25N3OS. The SMILES string of the molecule is CCN(CCN1CCOCC1)CC(C)C(N)=S. The number of thiocarbonyl (C=S) groups is 1. The fourth-order valence-corrected chi connectivity index (χ4v) is 2.04. The summed E-state index contributed by atoms with van der Waals surface area (Å²) in [4.78, 5) is 5.49. The molecule has 1 aliphatic heterocycles. The first kappa shape index (κ1) is 14.8. The van der Waals surface area contributed by atoms with Crippen LogP contribution in [0.1, 0.15) is 13.8 Å². The lowest BCUT2D eigenvalue weighted by molar-refractivity contribution is 0.0333. The second kappa shape index (κ2) is 7.97. The lowest BCUT2D eigenvalue weighted by atomic mass is 10.1. The molecule has 2 N–H and O–H groups in total. The van der Waals surface area contributed by atoms with Crippen molar-refractivity contribution >= 4 is 17.2 Å². The van der Waals surface area contributed by atoms with Gasteiger partial charge in [-0.2, -0.15) is 0 Å². The second-order valence-electron chi connectivity index (χ2n) is 4.65. The first-order valence-corrected chi connectivity index (χ1v) is 6.86. The highest BCUT2D eigenvalue weighted by Crippen LogP contribution is 2.02. The fourth-order valence-electron chi connectivity index (χ4n) is 1.96. The Labute approximate surface area is 110 Å². The highest BCUT2D eigenvalue weighted by Gasteiger charge is 2.14. The average molecular weight is 259 g/mol. The molecule has 1 fully saturated rings. The number of ether oxygens (including phenoxy) is 1. The molecule has 0 aliphatic carbocycles. The van der Waals surface area contributed by atoms with Gasteiger partial charge in [-0.25, -0.2) is 0 Å². The fraction of sp³-hybridized carbons (Fsp3) is 0.917. The van der Waals surface area contributed by atoms with E-state index in [0.29, 0.717) is 10.9 Å². The van der Waals surface area contributed by atoms with E-state index in [1.807, 2.05) is 0 Å². The highest BCUT2D eigenvalue weighted by molar-refractivity contribution is 7.80. The van der Waals surface area contributed by atoms with E-state index < -0.39 is 0 Å². The zero-order chi connectivity index (χ0) is 12.7. The number of morpholine rings is 1. The molecule has 1 unspecified atom stereocenters. The van der Waals surface area contributed by atoms with E-state index in [1.54, 1.807) is 0 Å². The molecule has 1 atom stereocenters. The standard InChI is InChI=1S/C12H25N3OS/c1-3-14(10-11(2)12(13)17)4-5-15-6-8-16-9-7-15/h11H,3-10H2,1-2H3,(H2,13,17). The van der Waals surface area contributed by atoms with Crippen LogP contribution < -0.4 is 5.73 Å². The van der Waals surface area contributed by atoms with E-state index in [1.165, 1.54) is 0 Å². The molecule has 0 radical (unpaired) electrons. The van der Waals surface area contributed by atoms with Crippen molar-refractivity contribution in [2.24, 2.45) is 11.7 Å². The summed E-state index contributed by atoms with van der Waals surface area (Å²) in [5.74, 6) is 0.301. The van der Waals surface area contributed by atoms with E-state index in [9.17, 15) is 0 Å². The van der Waals surface area contributed by atoms with Crippen molar-refractivity contribution in [1.29, 1.82) is 0 Å². The van der Waals surface area contributed by atoms with Crippen molar-refractivity contribution in [3.05, 3.63) is 0 Å². The summed E-state index contributed by atoms with van der Waals surface area (Å²) >= 11 is 5.02. The minimum Gasteiger partial charge on any atom is -0.393 e. The van der Waals surface area contributed by atoms with Gasteiger partial charge in [0.15, 0.2) is 0 Å². The smallest absolute Gasteiger partial charge is 0.0768 e. The molecule has 0 spiro atoms. The molecule has 17 heavy (non-hydrogen) atoms. The Morgan fingerprint density at radius 2 is 2.12 bits per heavy atom. The molecule has 0 saturated carbocycles. The van der Waals surface area contributed by atoms with Crippen LogP contribution in [0.2, 0.25) is 0 Å². The predicted octanol–water partition coefficient (Wildman–Crippen LogP) is 0.563. The van der Waals surface area contributed by atoms with Crippen LogP contribution in [0, 0.1) is 5.92 Å². The van der Waals surface area contributed by atoms with Gasteiger partial charge in [-0.05, 0) is 6.54 Å². The van der Waals surface area contributed by atoms with Crippen molar-refractivity contribution in [1.82, 2.24) is 9.80 Å². The molecule has 1 rings (SSSR count). The third-order valence-corrected chi connectivity index (χ3v) is 3.70. The van der Waals surface area contributed by atoms with Gasteiger partial charge in [-0.3, -0.25) is 4.90 Å². The van der Waals surface area contributed by atoms with Crippen molar-refractivity contribution in [3.63, 3.8) is 0 Å². The van der Waals surface area contributed by atoms with Crippen LogP contribution >= 0.6 is 12.2 Å². The van der Waals surface area contributed by atoms with Gasteiger partial charge < -0.3 is 15.4 Å². The Balaban J connectivity index is 2.23. The molecule has 4 nitrogen and oxygen atoms in total. The number of hydrogen-bond donors (Lipinski definition) is 1. The maximum atomic E-state index is 5.66. The molecular weight excluding hydrogens is 234 g/mol. The molecule has 0 aromatic rings. The summed E-state index contributed by atoms with van der Waals surface area (Å²) in [5.41, 5.74) is 5.66. The maximum absolute atomic E-state index is 5.66. The predicted molar refractivity (Wildman–Crippen MR) is 75.3 cm³/mol. The molecule has 0 aromatic heterocycles. The van der Waals surface area contributed by atoms with Gasteiger partial charge in [0.2, 0.25) is 0 Å². The lowest BCUT2D eigenvalue weighted by Crippen LogP contribution is -2.43. The van der Waals surface area contributed by atoms with E-state index in [-0.39, 0.29) is 0 Å².